The number of carbonyl (C=O) groups excluding carboxylic acids is 2. The zero-order valence-corrected chi connectivity index (χ0v) is 15.1. The highest BCUT2D eigenvalue weighted by molar-refractivity contribution is 6.04. The molecule has 2 saturated heterocycles. The van der Waals surface area contributed by atoms with Crippen LogP contribution < -0.4 is 16.0 Å². The van der Waals surface area contributed by atoms with Crippen molar-refractivity contribution in [2.45, 2.75) is 37.4 Å². The first-order chi connectivity index (χ1) is 13.7. The highest BCUT2D eigenvalue weighted by Crippen LogP contribution is 2.28. The summed E-state index contributed by atoms with van der Waals surface area (Å²) >= 11 is 0. The van der Waals surface area contributed by atoms with E-state index in [-0.39, 0.29) is 17.9 Å². The molecule has 0 spiro atoms. The van der Waals surface area contributed by atoms with Crippen LogP contribution in [0.1, 0.15) is 40.1 Å². The maximum absolute atomic E-state index is 12.6. The second-order valence-corrected chi connectivity index (χ2v) is 7.40. The Bertz CT molecular complexity index is 1050. The Labute approximate surface area is 161 Å². The van der Waals surface area contributed by atoms with Crippen molar-refractivity contribution in [2.24, 2.45) is 0 Å². The van der Waals surface area contributed by atoms with Gasteiger partial charge >= 0.3 is 0 Å². The number of anilines is 1. The van der Waals surface area contributed by atoms with Gasteiger partial charge < -0.3 is 15.1 Å². The number of nitrogens with one attached hydrogen (secondary N) is 3. The molecule has 28 heavy (non-hydrogen) atoms. The normalized spacial score (nSPS) is 23.1. The van der Waals surface area contributed by atoms with Crippen LogP contribution in [0.5, 0.6) is 0 Å². The number of aromatic nitrogens is 1. The summed E-state index contributed by atoms with van der Waals surface area (Å²) in [4.78, 5) is 29.1. The first kappa shape index (κ1) is 16.9. The Morgan fingerprint density at radius 1 is 1.11 bits per heavy atom. The Balaban J connectivity index is 1.31. The third kappa shape index (κ3) is 3.14. The molecular weight excluding hydrogens is 356 g/mol. The van der Waals surface area contributed by atoms with Gasteiger partial charge in [0.1, 0.15) is 11.3 Å². The van der Waals surface area contributed by atoms with Crippen molar-refractivity contribution in [1.29, 1.82) is 0 Å². The standard InChI is InChI=1S/C21H20N4O3/c26-20(12-4-2-1-3-5-12)25-19-8-13-11-22-17(10-18(13)28-19)21(27)24-16-9-14-6-7-15(16)23-14/h1-5,8,10-11,14-16,23H,6-7,9H2,(H,24,27)(H,25,26)/t14-,15+,16-/m1/s1. The fourth-order valence-electron chi connectivity index (χ4n) is 4.12. The Morgan fingerprint density at radius 2 is 1.96 bits per heavy atom. The lowest BCUT2D eigenvalue weighted by Gasteiger charge is -2.21. The van der Waals surface area contributed by atoms with Crippen molar-refractivity contribution in [3.8, 4) is 0 Å². The van der Waals surface area contributed by atoms with E-state index in [9.17, 15) is 9.59 Å². The summed E-state index contributed by atoms with van der Waals surface area (Å²) < 4.78 is 5.71. The third-order valence-corrected chi connectivity index (χ3v) is 5.52. The van der Waals surface area contributed by atoms with E-state index in [1.807, 2.05) is 6.07 Å². The molecule has 3 aromatic rings. The fourth-order valence-corrected chi connectivity index (χ4v) is 4.12. The maximum atomic E-state index is 12.6. The molecule has 142 valence electrons. The van der Waals surface area contributed by atoms with Crippen molar-refractivity contribution in [3.05, 3.63) is 59.9 Å². The summed E-state index contributed by atoms with van der Waals surface area (Å²) in [6, 6.07) is 13.3. The SMILES string of the molecule is O=C(Nc1cc2cnc(C(=O)N[C@@H]3C[C@H]4CC[C@@H]3N4)cc2o1)c1ccccc1. The molecule has 2 aromatic heterocycles. The topological polar surface area (TPSA) is 96.3 Å². The fraction of sp³-hybridized carbons (Fsp3) is 0.286. The molecule has 2 amide bonds. The zero-order valence-electron chi connectivity index (χ0n) is 15.1. The molecule has 0 radical (unpaired) electrons. The number of carbonyl (C=O) groups is 2. The van der Waals surface area contributed by atoms with E-state index in [2.05, 4.69) is 20.9 Å². The summed E-state index contributed by atoms with van der Waals surface area (Å²) in [5, 5.41) is 10.0. The molecular formula is C21H20N4O3. The minimum atomic E-state index is -0.255. The molecule has 7 heteroatoms. The number of hydrogen-bond donors (Lipinski definition) is 3. The van der Waals surface area contributed by atoms with Crippen molar-refractivity contribution in [3.63, 3.8) is 0 Å². The Morgan fingerprint density at radius 3 is 2.71 bits per heavy atom. The Kier molecular flexibility index (Phi) is 4.09. The van der Waals surface area contributed by atoms with Crippen molar-refractivity contribution < 1.29 is 14.0 Å². The van der Waals surface area contributed by atoms with Crippen LogP contribution in [0.2, 0.25) is 0 Å². The molecule has 0 unspecified atom stereocenters. The van der Waals surface area contributed by atoms with Gasteiger partial charge in [0, 0.05) is 47.4 Å². The molecule has 2 bridgehead atoms. The van der Waals surface area contributed by atoms with E-state index in [0.29, 0.717) is 34.8 Å². The van der Waals surface area contributed by atoms with E-state index in [1.165, 1.54) is 6.42 Å². The van der Waals surface area contributed by atoms with Gasteiger partial charge in [0.05, 0.1) is 0 Å². The number of furan rings is 1. The van der Waals surface area contributed by atoms with Gasteiger partial charge in [-0.15, -0.1) is 0 Å². The van der Waals surface area contributed by atoms with Gasteiger partial charge in [-0.25, -0.2) is 0 Å². The molecule has 2 fully saturated rings. The predicted molar refractivity (Wildman–Crippen MR) is 104 cm³/mol. The number of amides is 2. The van der Waals surface area contributed by atoms with Crippen LogP contribution in [0.4, 0.5) is 5.88 Å². The highest BCUT2D eigenvalue weighted by atomic mass is 16.4. The minimum Gasteiger partial charge on any atom is -0.440 e. The van der Waals surface area contributed by atoms with Crippen LogP contribution in [0.25, 0.3) is 11.0 Å². The second kappa shape index (κ2) is 6.76. The summed E-state index contributed by atoms with van der Waals surface area (Å²) in [7, 11) is 0. The maximum Gasteiger partial charge on any atom is 0.270 e. The van der Waals surface area contributed by atoms with Crippen molar-refractivity contribution >= 4 is 28.7 Å². The van der Waals surface area contributed by atoms with Gasteiger partial charge in [-0.05, 0) is 31.4 Å². The van der Waals surface area contributed by atoms with E-state index in [1.54, 1.807) is 42.6 Å². The van der Waals surface area contributed by atoms with Crippen molar-refractivity contribution in [1.82, 2.24) is 15.6 Å². The molecule has 2 aliphatic rings. The number of rotatable bonds is 4. The van der Waals surface area contributed by atoms with Crippen molar-refractivity contribution in [2.75, 3.05) is 5.32 Å². The van der Waals surface area contributed by atoms with E-state index >= 15 is 0 Å². The minimum absolute atomic E-state index is 0.154. The highest BCUT2D eigenvalue weighted by Gasteiger charge is 2.39. The van der Waals surface area contributed by atoms with Crippen LogP contribution in [-0.2, 0) is 0 Å². The second-order valence-electron chi connectivity index (χ2n) is 7.40. The number of benzene rings is 1. The lowest BCUT2D eigenvalue weighted by atomic mass is 9.95. The number of hydrogen-bond acceptors (Lipinski definition) is 5. The largest absolute Gasteiger partial charge is 0.440 e. The zero-order chi connectivity index (χ0) is 19.1. The van der Waals surface area contributed by atoms with Crippen LogP contribution in [0.3, 0.4) is 0 Å². The molecule has 3 atom stereocenters. The molecule has 3 N–H and O–H groups in total. The lowest BCUT2D eigenvalue weighted by Crippen LogP contribution is -2.43. The lowest BCUT2D eigenvalue weighted by molar-refractivity contribution is 0.0925. The summed E-state index contributed by atoms with van der Waals surface area (Å²) in [5.41, 5.74) is 1.36. The molecule has 0 saturated carbocycles. The quantitative estimate of drug-likeness (QED) is 0.651. The van der Waals surface area contributed by atoms with E-state index in [0.717, 1.165) is 18.2 Å². The van der Waals surface area contributed by atoms with E-state index < -0.39 is 0 Å². The van der Waals surface area contributed by atoms with Crippen LogP contribution in [0, 0.1) is 0 Å². The number of pyridine rings is 1. The third-order valence-electron chi connectivity index (χ3n) is 5.52. The summed E-state index contributed by atoms with van der Waals surface area (Å²) in [5.74, 6) is -0.137. The van der Waals surface area contributed by atoms with Gasteiger partial charge in [-0.3, -0.25) is 19.9 Å². The monoisotopic (exact) mass is 376 g/mol. The van der Waals surface area contributed by atoms with Gasteiger partial charge in [-0.2, -0.15) is 0 Å². The molecule has 5 rings (SSSR count). The van der Waals surface area contributed by atoms with Gasteiger partial charge in [0.25, 0.3) is 11.8 Å². The smallest absolute Gasteiger partial charge is 0.270 e. The molecule has 2 aliphatic heterocycles. The molecule has 0 aliphatic carbocycles. The average Bonchev–Trinajstić information content (AvgIpc) is 3.43. The van der Waals surface area contributed by atoms with Gasteiger partial charge in [0.15, 0.2) is 0 Å². The van der Waals surface area contributed by atoms with E-state index in [4.69, 9.17) is 4.42 Å². The molecule has 1 aromatic carbocycles. The first-order valence-corrected chi connectivity index (χ1v) is 9.48. The summed E-state index contributed by atoms with van der Waals surface area (Å²) in [6.07, 6.45) is 4.84. The van der Waals surface area contributed by atoms with Crippen LogP contribution in [0.15, 0.2) is 53.1 Å². The Hall–Kier alpha value is -3.19. The number of nitrogens with zero attached hydrogens (tertiary/aromatic N) is 1. The first-order valence-electron chi connectivity index (χ1n) is 9.48. The molecule has 4 heterocycles. The van der Waals surface area contributed by atoms with Crippen LogP contribution >= 0.6 is 0 Å². The number of fused-ring (bicyclic) bond motifs is 3. The molecule has 7 nitrogen and oxygen atoms in total. The van der Waals surface area contributed by atoms with Gasteiger partial charge in [-0.1, -0.05) is 18.2 Å². The van der Waals surface area contributed by atoms with Gasteiger partial charge in [0.2, 0.25) is 5.88 Å². The van der Waals surface area contributed by atoms with Crippen LogP contribution in [-0.4, -0.2) is 34.9 Å². The predicted octanol–water partition coefficient (Wildman–Crippen LogP) is 2.70. The average molecular weight is 376 g/mol. The summed E-state index contributed by atoms with van der Waals surface area (Å²) in [6.45, 7) is 0.